The maximum absolute atomic E-state index is 13.6. The highest BCUT2D eigenvalue weighted by Gasteiger charge is 2.48. The lowest BCUT2D eigenvalue weighted by Crippen LogP contribution is -2.55. The fourth-order valence-electron chi connectivity index (χ4n) is 5.57. The van der Waals surface area contributed by atoms with E-state index in [0.717, 1.165) is 28.8 Å². The van der Waals surface area contributed by atoms with E-state index < -0.39 is 36.7 Å². The van der Waals surface area contributed by atoms with Crippen LogP contribution in [-0.2, 0) is 27.2 Å². The first-order valence-corrected chi connectivity index (χ1v) is 14.7. The van der Waals surface area contributed by atoms with Gasteiger partial charge in [-0.2, -0.15) is 0 Å². The van der Waals surface area contributed by atoms with Gasteiger partial charge in [0.2, 0.25) is 5.91 Å². The van der Waals surface area contributed by atoms with Gasteiger partial charge in [0.15, 0.2) is 0 Å². The molecule has 1 saturated heterocycles. The number of hydrogen-bond acceptors (Lipinski definition) is 7. The molecule has 9 heteroatoms. The zero-order valence-corrected chi connectivity index (χ0v) is 24.4. The van der Waals surface area contributed by atoms with Crippen molar-refractivity contribution in [2.24, 2.45) is 5.92 Å². The number of esters is 1. The lowest BCUT2D eigenvalue weighted by Gasteiger charge is -2.48. The van der Waals surface area contributed by atoms with E-state index >= 15 is 0 Å². The Bertz CT molecular complexity index is 1340. The highest BCUT2D eigenvalue weighted by molar-refractivity contribution is 6.03. The van der Waals surface area contributed by atoms with E-state index in [1.165, 1.54) is 19.1 Å². The molecule has 0 spiro atoms. The highest BCUT2D eigenvalue weighted by Crippen LogP contribution is 2.46. The van der Waals surface area contributed by atoms with Gasteiger partial charge in [0.25, 0.3) is 0 Å². The fraction of sp³-hybridized carbons (Fsp3) is 0.412. The summed E-state index contributed by atoms with van der Waals surface area (Å²) < 4.78 is 19.1. The van der Waals surface area contributed by atoms with Gasteiger partial charge in [-0.3, -0.25) is 9.59 Å². The molecule has 1 unspecified atom stereocenters. The molecule has 3 aromatic carbocycles. The van der Waals surface area contributed by atoms with Gasteiger partial charge < -0.3 is 30.1 Å². The van der Waals surface area contributed by atoms with Crippen molar-refractivity contribution in [2.75, 3.05) is 24.7 Å². The number of aliphatic hydroxyl groups excluding tert-OH is 3. The van der Waals surface area contributed by atoms with Crippen molar-refractivity contribution in [3.05, 3.63) is 101 Å². The Morgan fingerprint density at radius 3 is 2.12 bits per heavy atom. The topological polar surface area (TPSA) is 128 Å². The lowest BCUT2D eigenvalue weighted by atomic mass is 9.78. The number of amides is 1. The standard InChI is InChI=1S/C34H40FNO7/c1-23(40)43-31(26-10-12-28(35)13-11-26)17-16-30-32(27-8-4-25(5-9-27)18-19-34(42,21-38)22-39)36(33(30)41)29-14-6-24(7-15-29)3-2-20-37/h4-15,30-32,37-39,42H,2-3,16-22H2,1H3/t30-,31?,32-/m1/s1. The third-order valence-corrected chi connectivity index (χ3v) is 8.13. The molecule has 1 aliphatic rings. The second kappa shape index (κ2) is 14.7. The summed E-state index contributed by atoms with van der Waals surface area (Å²) in [5, 5.41) is 38.2. The Labute approximate surface area is 251 Å². The SMILES string of the molecule is CC(=O)OC(CC[C@H]1C(=O)N(c2ccc(CCCO)cc2)[C@@H]1c1ccc(CCC(O)(CO)CO)cc1)c1ccc(F)cc1. The van der Waals surface area contributed by atoms with Crippen molar-refractivity contribution < 1.29 is 39.1 Å². The smallest absolute Gasteiger partial charge is 0.303 e. The fourth-order valence-corrected chi connectivity index (χ4v) is 5.57. The first kappa shape index (κ1) is 32.3. The monoisotopic (exact) mass is 593 g/mol. The van der Waals surface area contributed by atoms with Crippen LogP contribution in [0.1, 0.15) is 67.0 Å². The van der Waals surface area contributed by atoms with Crippen LogP contribution >= 0.6 is 0 Å². The van der Waals surface area contributed by atoms with Crippen LogP contribution in [-0.4, -0.2) is 57.7 Å². The number of carbonyl (C=O) groups excluding carboxylic acids is 2. The number of nitrogens with zero attached hydrogens (tertiary/aromatic N) is 1. The van der Waals surface area contributed by atoms with Gasteiger partial charge in [-0.25, -0.2) is 4.39 Å². The van der Waals surface area contributed by atoms with E-state index in [1.807, 2.05) is 48.5 Å². The molecule has 1 amide bonds. The molecule has 230 valence electrons. The number of β-lactam (4-membered cyclic amide) rings is 1. The number of hydrogen-bond donors (Lipinski definition) is 4. The molecule has 43 heavy (non-hydrogen) atoms. The number of anilines is 1. The summed E-state index contributed by atoms with van der Waals surface area (Å²) in [5.41, 5.74) is 2.77. The Morgan fingerprint density at radius 2 is 1.53 bits per heavy atom. The zero-order chi connectivity index (χ0) is 31.0. The summed E-state index contributed by atoms with van der Waals surface area (Å²) in [6.07, 6.45) is 2.23. The minimum Gasteiger partial charge on any atom is -0.458 e. The van der Waals surface area contributed by atoms with E-state index in [0.29, 0.717) is 31.2 Å². The minimum absolute atomic E-state index is 0.0474. The van der Waals surface area contributed by atoms with Gasteiger partial charge in [-0.05, 0) is 85.0 Å². The van der Waals surface area contributed by atoms with Crippen LogP contribution in [0.4, 0.5) is 10.1 Å². The molecule has 0 radical (unpaired) electrons. The van der Waals surface area contributed by atoms with Crippen LogP contribution in [0.15, 0.2) is 72.8 Å². The zero-order valence-electron chi connectivity index (χ0n) is 24.4. The molecular weight excluding hydrogens is 553 g/mol. The molecule has 1 aliphatic heterocycles. The summed E-state index contributed by atoms with van der Waals surface area (Å²) in [6, 6.07) is 21.0. The predicted octanol–water partition coefficient (Wildman–Crippen LogP) is 4.19. The first-order valence-electron chi connectivity index (χ1n) is 14.7. The van der Waals surface area contributed by atoms with E-state index in [4.69, 9.17) is 9.84 Å². The minimum atomic E-state index is -1.55. The molecule has 3 atom stereocenters. The van der Waals surface area contributed by atoms with Crippen molar-refractivity contribution >= 4 is 17.6 Å². The Hall–Kier alpha value is -3.63. The molecule has 0 aromatic heterocycles. The van der Waals surface area contributed by atoms with E-state index in [1.54, 1.807) is 17.0 Å². The van der Waals surface area contributed by atoms with Crippen LogP contribution in [0.3, 0.4) is 0 Å². The normalized spacial score (nSPS) is 17.4. The van der Waals surface area contributed by atoms with Gasteiger partial charge in [0.1, 0.15) is 17.5 Å². The number of aliphatic hydroxyl groups is 4. The molecule has 4 rings (SSSR count). The number of carbonyl (C=O) groups is 2. The maximum Gasteiger partial charge on any atom is 0.303 e. The quantitative estimate of drug-likeness (QED) is 0.154. The van der Waals surface area contributed by atoms with Crippen molar-refractivity contribution in [3.63, 3.8) is 0 Å². The van der Waals surface area contributed by atoms with Crippen LogP contribution in [0.25, 0.3) is 0 Å². The molecule has 1 heterocycles. The number of halogens is 1. The van der Waals surface area contributed by atoms with Gasteiger partial charge >= 0.3 is 5.97 Å². The summed E-state index contributed by atoms with van der Waals surface area (Å²) in [7, 11) is 0. The van der Waals surface area contributed by atoms with E-state index in [-0.39, 0.29) is 30.9 Å². The Kier molecular flexibility index (Phi) is 11.0. The summed E-state index contributed by atoms with van der Waals surface area (Å²) in [6.45, 7) is 0.363. The van der Waals surface area contributed by atoms with Crippen LogP contribution in [0.2, 0.25) is 0 Å². The Morgan fingerprint density at radius 1 is 0.930 bits per heavy atom. The average molecular weight is 594 g/mol. The van der Waals surface area contributed by atoms with Crippen LogP contribution < -0.4 is 4.90 Å². The number of ether oxygens (including phenoxy) is 1. The molecule has 8 nitrogen and oxygen atoms in total. The van der Waals surface area contributed by atoms with Gasteiger partial charge in [-0.1, -0.05) is 48.5 Å². The number of rotatable bonds is 15. The molecule has 4 N–H and O–H groups in total. The second-order valence-corrected chi connectivity index (χ2v) is 11.3. The van der Waals surface area contributed by atoms with Crippen LogP contribution in [0, 0.1) is 11.7 Å². The molecule has 0 bridgehead atoms. The van der Waals surface area contributed by atoms with Crippen molar-refractivity contribution in [2.45, 2.75) is 63.2 Å². The average Bonchev–Trinajstić information content (AvgIpc) is 3.02. The van der Waals surface area contributed by atoms with E-state index in [2.05, 4.69) is 0 Å². The summed E-state index contributed by atoms with van der Waals surface area (Å²) in [5.74, 6) is -1.28. The molecule has 0 aliphatic carbocycles. The van der Waals surface area contributed by atoms with Crippen molar-refractivity contribution in [1.29, 1.82) is 0 Å². The third-order valence-electron chi connectivity index (χ3n) is 8.13. The maximum atomic E-state index is 13.6. The van der Waals surface area contributed by atoms with Gasteiger partial charge in [0.05, 0.1) is 25.2 Å². The lowest BCUT2D eigenvalue weighted by molar-refractivity contribution is -0.147. The predicted molar refractivity (Wildman–Crippen MR) is 160 cm³/mol. The summed E-state index contributed by atoms with van der Waals surface area (Å²) in [4.78, 5) is 27.3. The molecule has 1 fully saturated rings. The Balaban J connectivity index is 1.56. The molecule has 3 aromatic rings. The van der Waals surface area contributed by atoms with E-state index in [9.17, 15) is 29.3 Å². The third kappa shape index (κ3) is 8.06. The molecular formula is C34H40FNO7. The molecule has 0 saturated carbocycles. The van der Waals surface area contributed by atoms with Crippen molar-refractivity contribution in [1.82, 2.24) is 0 Å². The summed E-state index contributed by atoms with van der Waals surface area (Å²) >= 11 is 0. The van der Waals surface area contributed by atoms with Crippen molar-refractivity contribution in [3.8, 4) is 0 Å². The second-order valence-electron chi connectivity index (χ2n) is 11.3. The number of benzene rings is 3. The highest BCUT2D eigenvalue weighted by atomic mass is 19.1. The van der Waals surface area contributed by atoms with Gasteiger partial charge in [0, 0.05) is 19.2 Å². The van der Waals surface area contributed by atoms with Gasteiger partial charge in [-0.15, -0.1) is 0 Å². The largest absolute Gasteiger partial charge is 0.458 e. The first-order chi connectivity index (χ1) is 20.7. The number of aryl methyl sites for hydroxylation is 2. The van der Waals surface area contributed by atoms with Crippen LogP contribution in [0.5, 0.6) is 0 Å².